The van der Waals surface area contributed by atoms with Crippen molar-refractivity contribution in [2.75, 3.05) is 0 Å². The number of carbonyl (C=O) groups is 1. The van der Waals surface area contributed by atoms with Crippen molar-refractivity contribution in [3.05, 3.63) is 34.9 Å². The average Bonchev–Trinajstić information content (AvgIpc) is 2.28. The molecule has 1 amide bonds. The molecular formula is C14H21ClN2O. The van der Waals surface area contributed by atoms with Crippen LogP contribution >= 0.6 is 11.6 Å². The zero-order chi connectivity index (χ0) is 13.7. The van der Waals surface area contributed by atoms with E-state index in [-0.39, 0.29) is 11.9 Å². The second kappa shape index (κ2) is 6.76. The highest BCUT2D eigenvalue weighted by Gasteiger charge is 2.18. The molecule has 0 aliphatic heterocycles. The van der Waals surface area contributed by atoms with Crippen molar-refractivity contribution in [1.29, 1.82) is 0 Å². The lowest BCUT2D eigenvalue weighted by atomic mass is 10.0. The highest BCUT2D eigenvalue weighted by atomic mass is 35.5. The fourth-order valence-corrected chi connectivity index (χ4v) is 2.14. The Morgan fingerprint density at radius 2 is 1.94 bits per heavy atom. The molecule has 2 atom stereocenters. The van der Waals surface area contributed by atoms with Crippen LogP contribution < -0.4 is 11.1 Å². The molecule has 0 aliphatic rings. The Bertz CT molecular complexity index is 407. The summed E-state index contributed by atoms with van der Waals surface area (Å²) < 4.78 is 0. The van der Waals surface area contributed by atoms with Crippen LogP contribution in [0.2, 0.25) is 5.02 Å². The van der Waals surface area contributed by atoms with Crippen molar-refractivity contribution in [3.63, 3.8) is 0 Å². The van der Waals surface area contributed by atoms with Crippen molar-refractivity contribution < 1.29 is 4.79 Å². The number of carbonyl (C=O) groups excluding carboxylic acids is 1. The lowest BCUT2D eigenvalue weighted by Gasteiger charge is -2.19. The minimum atomic E-state index is -0.463. The summed E-state index contributed by atoms with van der Waals surface area (Å²) in [4.78, 5) is 11.9. The van der Waals surface area contributed by atoms with Crippen LogP contribution in [0.4, 0.5) is 0 Å². The van der Waals surface area contributed by atoms with Gasteiger partial charge in [0.2, 0.25) is 5.91 Å². The van der Waals surface area contributed by atoms with Gasteiger partial charge in [0.05, 0.1) is 12.1 Å². The Labute approximate surface area is 114 Å². The first kappa shape index (κ1) is 15.0. The van der Waals surface area contributed by atoms with Gasteiger partial charge in [0.1, 0.15) is 0 Å². The summed E-state index contributed by atoms with van der Waals surface area (Å²) in [6, 6.07) is 6.89. The Morgan fingerprint density at radius 3 is 2.50 bits per heavy atom. The second-order valence-corrected chi connectivity index (χ2v) is 5.40. The molecule has 3 nitrogen and oxygen atoms in total. The van der Waals surface area contributed by atoms with Gasteiger partial charge in [-0.05, 0) is 30.9 Å². The molecule has 0 fully saturated rings. The maximum absolute atomic E-state index is 11.9. The molecule has 0 bridgehead atoms. The molecule has 0 saturated heterocycles. The Morgan fingerprint density at radius 1 is 1.33 bits per heavy atom. The molecule has 1 rings (SSSR count). The molecule has 0 spiro atoms. The first-order valence-electron chi connectivity index (χ1n) is 6.22. The molecule has 4 heteroatoms. The standard InChI is InChI=1S/C14H21ClN2O/c1-9(2)8-13(16)14(18)17-10(3)11-6-4-5-7-12(11)15/h4-7,9-10,13H,8,16H2,1-3H3,(H,17,18)/t10-,13?/m0/s1. The van der Waals surface area contributed by atoms with Crippen LogP contribution in [0.15, 0.2) is 24.3 Å². The van der Waals surface area contributed by atoms with Crippen LogP contribution in [-0.2, 0) is 4.79 Å². The highest BCUT2D eigenvalue weighted by molar-refractivity contribution is 6.31. The molecular weight excluding hydrogens is 248 g/mol. The fourth-order valence-electron chi connectivity index (χ4n) is 1.84. The molecule has 1 unspecified atom stereocenters. The molecule has 3 N–H and O–H groups in total. The SMILES string of the molecule is CC(C)CC(N)C(=O)N[C@@H](C)c1ccccc1Cl. The van der Waals surface area contributed by atoms with Gasteiger partial charge < -0.3 is 11.1 Å². The Kier molecular flexibility index (Phi) is 5.63. The molecule has 1 aromatic carbocycles. The lowest BCUT2D eigenvalue weighted by molar-refractivity contribution is -0.123. The number of hydrogen-bond donors (Lipinski definition) is 2. The first-order chi connectivity index (χ1) is 8.41. The normalized spacial score (nSPS) is 14.3. The number of amides is 1. The van der Waals surface area contributed by atoms with E-state index in [9.17, 15) is 4.79 Å². The van der Waals surface area contributed by atoms with Crippen LogP contribution in [0.3, 0.4) is 0 Å². The zero-order valence-electron chi connectivity index (χ0n) is 11.1. The summed E-state index contributed by atoms with van der Waals surface area (Å²) in [5, 5.41) is 3.55. The molecule has 100 valence electrons. The molecule has 0 aromatic heterocycles. The number of nitrogens with one attached hydrogen (secondary N) is 1. The summed E-state index contributed by atoms with van der Waals surface area (Å²) in [7, 11) is 0. The van der Waals surface area contributed by atoms with Gasteiger partial charge in [0.25, 0.3) is 0 Å². The average molecular weight is 269 g/mol. The van der Waals surface area contributed by atoms with Crippen molar-refractivity contribution >= 4 is 17.5 Å². The predicted octanol–water partition coefficient (Wildman–Crippen LogP) is 2.89. The van der Waals surface area contributed by atoms with Gasteiger partial charge in [-0.15, -0.1) is 0 Å². The highest BCUT2D eigenvalue weighted by Crippen LogP contribution is 2.22. The number of hydrogen-bond acceptors (Lipinski definition) is 2. The van der Waals surface area contributed by atoms with E-state index < -0.39 is 6.04 Å². The Hall–Kier alpha value is -1.06. The maximum atomic E-state index is 11.9. The van der Waals surface area contributed by atoms with Crippen molar-refractivity contribution in [3.8, 4) is 0 Å². The summed E-state index contributed by atoms with van der Waals surface area (Å²) >= 11 is 6.08. The van der Waals surface area contributed by atoms with E-state index in [4.69, 9.17) is 17.3 Å². The first-order valence-corrected chi connectivity index (χ1v) is 6.60. The largest absolute Gasteiger partial charge is 0.348 e. The lowest BCUT2D eigenvalue weighted by Crippen LogP contribution is -2.42. The van der Waals surface area contributed by atoms with E-state index >= 15 is 0 Å². The monoisotopic (exact) mass is 268 g/mol. The third-order valence-electron chi connectivity index (χ3n) is 2.79. The minimum Gasteiger partial charge on any atom is -0.348 e. The van der Waals surface area contributed by atoms with Gasteiger partial charge in [-0.2, -0.15) is 0 Å². The smallest absolute Gasteiger partial charge is 0.237 e. The van der Waals surface area contributed by atoms with Crippen LogP contribution in [0.1, 0.15) is 38.8 Å². The van der Waals surface area contributed by atoms with E-state index in [1.807, 2.05) is 45.0 Å². The van der Waals surface area contributed by atoms with Crippen molar-refractivity contribution in [2.24, 2.45) is 11.7 Å². The molecule has 0 radical (unpaired) electrons. The molecule has 1 aromatic rings. The van der Waals surface area contributed by atoms with Gasteiger partial charge in [-0.3, -0.25) is 4.79 Å². The van der Waals surface area contributed by atoms with Gasteiger partial charge in [-0.1, -0.05) is 43.6 Å². The topological polar surface area (TPSA) is 55.1 Å². The van der Waals surface area contributed by atoms with Crippen LogP contribution in [0.5, 0.6) is 0 Å². The van der Waals surface area contributed by atoms with E-state index in [1.54, 1.807) is 0 Å². The third kappa shape index (κ3) is 4.31. The number of benzene rings is 1. The van der Waals surface area contributed by atoms with E-state index in [0.29, 0.717) is 17.4 Å². The zero-order valence-corrected chi connectivity index (χ0v) is 11.9. The van der Waals surface area contributed by atoms with Crippen molar-refractivity contribution in [2.45, 2.75) is 39.3 Å². The fraction of sp³-hybridized carbons (Fsp3) is 0.500. The van der Waals surface area contributed by atoms with Gasteiger partial charge in [0, 0.05) is 5.02 Å². The van der Waals surface area contributed by atoms with Crippen LogP contribution in [-0.4, -0.2) is 11.9 Å². The third-order valence-corrected chi connectivity index (χ3v) is 3.14. The summed E-state index contributed by atoms with van der Waals surface area (Å²) in [5.74, 6) is 0.275. The number of nitrogens with two attached hydrogens (primary N) is 1. The molecule has 18 heavy (non-hydrogen) atoms. The van der Waals surface area contributed by atoms with E-state index in [2.05, 4.69) is 5.32 Å². The Balaban J connectivity index is 2.62. The molecule has 0 saturated carbocycles. The molecule has 0 heterocycles. The van der Waals surface area contributed by atoms with Crippen molar-refractivity contribution in [1.82, 2.24) is 5.32 Å². The van der Waals surface area contributed by atoms with Gasteiger partial charge >= 0.3 is 0 Å². The minimum absolute atomic E-state index is 0.129. The quantitative estimate of drug-likeness (QED) is 0.863. The molecule has 0 aliphatic carbocycles. The van der Waals surface area contributed by atoms with Gasteiger partial charge in [-0.25, -0.2) is 0 Å². The number of rotatable bonds is 5. The van der Waals surface area contributed by atoms with E-state index in [0.717, 1.165) is 5.56 Å². The van der Waals surface area contributed by atoms with E-state index in [1.165, 1.54) is 0 Å². The van der Waals surface area contributed by atoms with Crippen LogP contribution in [0, 0.1) is 5.92 Å². The summed E-state index contributed by atoms with van der Waals surface area (Å²) in [6.45, 7) is 6.00. The summed E-state index contributed by atoms with van der Waals surface area (Å²) in [5.41, 5.74) is 6.74. The van der Waals surface area contributed by atoms with Gasteiger partial charge in [0.15, 0.2) is 0 Å². The number of halogens is 1. The van der Waals surface area contributed by atoms with Crippen LogP contribution in [0.25, 0.3) is 0 Å². The maximum Gasteiger partial charge on any atom is 0.237 e. The second-order valence-electron chi connectivity index (χ2n) is 4.99. The predicted molar refractivity (Wildman–Crippen MR) is 75.4 cm³/mol. The summed E-state index contributed by atoms with van der Waals surface area (Å²) in [6.07, 6.45) is 0.682.